The summed E-state index contributed by atoms with van der Waals surface area (Å²) in [5, 5.41) is 10.9. The molecule has 18 rings (SSSR count). The van der Waals surface area contributed by atoms with E-state index in [1.54, 1.807) is 0 Å². The van der Waals surface area contributed by atoms with Crippen molar-refractivity contribution in [1.29, 1.82) is 0 Å². The quantitative estimate of drug-likeness (QED) is 0.141. The first-order valence-electron chi connectivity index (χ1n) is 37.6. The Labute approximate surface area is 800 Å². The molecule has 6 aromatic heterocycles. The summed E-state index contributed by atoms with van der Waals surface area (Å²) in [5.74, 6) is 0. The van der Waals surface area contributed by atoms with Gasteiger partial charge in [-0.15, -0.1) is 0 Å². The van der Waals surface area contributed by atoms with Crippen LogP contribution in [0.5, 0.6) is 0 Å². The minimum absolute atomic E-state index is 0. The molecule has 12 aromatic carbocycles. The molecule has 120 heavy (non-hydrogen) atoms. The number of hydrogen-bond donors (Lipinski definition) is 0. The molecule has 6 heterocycles. The molecule has 6 radical (unpaired) electrons. The first kappa shape index (κ1) is 137. The summed E-state index contributed by atoms with van der Waals surface area (Å²) in [6.45, 7) is 24.0. The van der Waals surface area contributed by atoms with E-state index in [0.29, 0.717) is 0 Å². The van der Waals surface area contributed by atoms with Crippen molar-refractivity contribution in [3.63, 3.8) is 0 Å². The molecule has 0 N–H and O–H groups in total. The number of rotatable bonds is 0. The predicted molar refractivity (Wildman–Crippen MR) is 516 cm³/mol. The topological polar surface area (TPSA) is 77.3 Å². The Morgan fingerprint density at radius 1 is 0.125 bits per heavy atom. The second-order valence-electron chi connectivity index (χ2n) is 20.2. The zero-order chi connectivity index (χ0) is 78.3. The fourth-order valence-corrected chi connectivity index (χ4v) is 8.44. The molecule has 0 saturated heterocycles. The molecule has 0 aliphatic carbocycles. The van der Waals surface area contributed by atoms with E-state index in [9.17, 15) is 0 Å². The van der Waals surface area contributed by atoms with Gasteiger partial charge in [0.15, 0.2) is 0 Å². The minimum atomic E-state index is 0. The predicted octanol–water partition coefficient (Wildman–Crippen LogP) is 32.4. The Kier molecular flexibility index (Phi) is 120. The van der Waals surface area contributed by atoms with Gasteiger partial charge < -0.3 is 44.6 Å². The van der Waals surface area contributed by atoms with E-state index < -0.39 is 0 Å². The number of fused-ring (bicyclic) bond motifs is 6. The fraction of sp³-hybridized carbons (Fsp3) is 0.111. The molecule has 0 unspecified atom stereocenters. The monoisotopic (exact) mass is 1820 g/mol. The van der Waals surface area contributed by atoms with E-state index in [1.807, 2.05) is 485 Å². The van der Waals surface area contributed by atoms with Gasteiger partial charge in [-0.25, -0.2) is 0 Å². The van der Waals surface area contributed by atoms with E-state index >= 15 is 0 Å². The molecule has 630 valence electrons. The molecule has 0 spiro atoms. The molecule has 0 atom stereocenters. The van der Waals surface area contributed by atoms with Crippen LogP contribution in [0.3, 0.4) is 0 Å². The Bertz CT molecular complexity index is 3470. The van der Waals surface area contributed by atoms with Crippen molar-refractivity contribution < 1.29 is 111 Å². The van der Waals surface area contributed by atoms with Crippen LogP contribution in [0.2, 0.25) is 0 Å². The average Bonchev–Trinajstić information content (AvgIpc) is 0.911. The molecular formula is C108H132N6V6-6. The van der Waals surface area contributed by atoms with Gasteiger partial charge in [0, 0.05) is 183 Å². The molecule has 0 aliphatic rings. The molecule has 0 aliphatic heterocycles. The van der Waals surface area contributed by atoms with Gasteiger partial charge in [-0.2, -0.15) is 0 Å². The van der Waals surface area contributed by atoms with Crippen molar-refractivity contribution in [2.75, 3.05) is 0 Å². The number of hydrogen-bond acceptors (Lipinski definition) is 6. The van der Waals surface area contributed by atoms with Gasteiger partial charge in [-0.1, -0.05) is 447 Å². The van der Waals surface area contributed by atoms with Crippen LogP contribution in [0.1, 0.15) is 83.1 Å². The van der Waals surface area contributed by atoms with Gasteiger partial charge in [0.1, 0.15) is 0 Å². The molecular weight excluding hydrogens is 1690 g/mol. The summed E-state index contributed by atoms with van der Waals surface area (Å²) in [5.41, 5.74) is 3.18. The van der Waals surface area contributed by atoms with E-state index in [-0.39, 0.29) is 156 Å². The average molecular weight is 1820 g/mol. The van der Waals surface area contributed by atoms with E-state index in [0.717, 1.165) is 16.6 Å². The smallest absolute Gasteiger partial charge is 0.0701 e. The van der Waals surface area contributed by atoms with Gasteiger partial charge in [0.25, 0.3) is 0 Å². The number of pyridine rings is 6. The standard InChI is InChI=1S/6C9H7N.6C6H6.6C2H6.6CH3.6V/c3*1-2-6-9-8(4-1)5-3-7-10-9;3*1-2-4-9-7-10-6-5-8(9)3-1;6*1-2-4-6-5-3-1;6*1-2;;;;;;;;;;;;/h6*1-7H;6*1-6H;6*1-2H3;6*1H3;;;;;;/q;;;;;;;;;;;;;;;;;;6*-1;;;;;;. The van der Waals surface area contributed by atoms with Gasteiger partial charge in [-0.05, 0) is 86.9 Å². The first-order valence-corrected chi connectivity index (χ1v) is 37.6. The van der Waals surface area contributed by atoms with Crippen LogP contribution in [-0.4, -0.2) is 29.9 Å². The van der Waals surface area contributed by atoms with E-state index in [2.05, 4.69) is 103 Å². The van der Waals surface area contributed by atoms with Crippen LogP contribution >= 0.6 is 0 Å². The van der Waals surface area contributed by atoms with E-state index in [4.69, 9.17) is 0 Å². The van der Waals surface area contributed by atoms with Crippen LogP contribution in [0, 0.1) is 44.6 Å². The summed E-state index contributed by atoms with van der Waals surface area (Å²) < 4.78 is 0. The van der Waals surface area contributed by atoms with Gasteiger partial charge in [0.2, 0.25) is 0 Å². The van der Waals surface area contributed by atoms with Crippen molar-refractivity contribution >= 4 is 65.0 Å². The maximum absolute atomic E-state index is 4.18. The molecule has 18 aromatic rings. The van der Waals surface area contributed by atoms with Crippen LogP contribution in [0.15, 0.2) is 474 Å². The molecule has 0 amide bonds. The Balaban J connectivity index is -0.000000104. The normalized spacial score (nSPS) is 7.70. The SMILES string of the molecule is CC.CC.CC.CC.CC.CC.[CH3-].[CH3-].[CH3-].[CH3-].[CH3-].[CH3-].[V].[V].[V].[V].[V].[V].c1ccc2cnccc2c1.c1ccc2cnccc2c1.c1ccc2cnccc2c1.c1ccc2ncccc2c1.c1ccc2ncccc2c1.c1ccc2ncccc2c1.c1ccccc1.c1ccccc1.c1ccccc1.c1ccccc1.c1ccccc1.c1ccccc1. The maximum Gasteiger partial charge on any atom is 0.0701 e. The summed E-state index contributed by atoms with van der Waals surface area (Å²) in [7, 11) is 0. The van der Waals surface area contributed by atoms with Crippen LogP contribution < -0.4 is 0 Å². The van der Waals surface area contributed by atoms with Crippen LogP contribution in [0.4, 0.5) is 0 Å². The van der Waals surface area contributed by atoms with Crippen LogP contribution in [0.25, 0.3) is 65.0 Å². The van der Waals surface area contributed by atoms with Crippen LogP contribution in [-0.2, 0) is 111 Å². The summed E-state index contributed by atoms with van der Waals surface area (Å²) in [6.07, 6.45) is 16.5. The summed E-state index contributed by atoms with van der Waals surface area (Å²) in [4.78, 5) is 24.6. The number of para-hydroxylation sites is 3. The van der Waals surface area contributed by atoms with Gasteiger partial charge >= 0.3 is 0 Å². The first-order chi connectivity index (χ1) is 53.8. The molecule has 12 heteroatoms. The fourth-order valence-electron chi connectivity index (χ4n) is 8.44. The Morgan fingerprint density at radius 3 is 0.392 bits per heavy atom. The van der Waals surface area contributed by atoms with Gasteiger partial charge in [-0.3, -0.25) is 29.9 Å². The Hall–Kier alpha value is -9.39. The second kappa shape index (κ2) is 106. The van der Waals surface area contributed by atoms with E-state index in [1.165, 1.54) is 48.5 Å². The van der Waals surface area contributed by atoms with Crippen molar-refractivity contribution in [3.8, 4) is 0 Å². The number of nitrogens with zero attached hydrogens (tertiary/aromatic N) is 6. The molecule has 6 nitrogen and oxygen atoms in total. The minimum Gasteiger partial charge on any atom is -0.358 e. The summed E-state index contributed by atoms with van der Waals surface area (Å²) in [6, 6.07) is 139. The maximum atomic E-state index is 4.18. The largest absolute Gasteiger partial charge is 0.358 e. The molecule has 0 bridgehead atoms. The molecule has 0 fully saturated rings. The Morgan fingerprint density at radius 2 is 0.250 bits per heavy atom. The van der Waals surface area contributed by atoms with Crippen molar-refractivity contribution in [1.82, 2.24) is 29.9 Å². The number of aromatic nitrogens is 6. The zero-order valence-electron chi connectivity index (χ0n) is 74.4. The third kappa shape index (κ3) is 69.4. The number of benzene rings is 12. The third-order valence-corrected chi connectivity index (χ3v) is 13.2. The second-order valence-corrected chi connectivity index (χ2v) is 20.2. The zero-order valence-corrected chi connectivity index (χ0v) is 82.8. The van der Waals surface area contributed by atoms with Crippen molar-refractivity contribution in [2.45, 2.75) is 83.1 Å². The van der Waals surface area contributed by atoms with Gasteiger partial charge in [0.05, 0.1) is 16.6 Å². The molecule has 0 saturated carbocycles. The van der Waals surface area contributed by atoms with Crippen molar-refractivity contribution in [2.24, 2.45) is 0 Å². The summed E-state index contributed by atoms with van der Waals surface area (Å²) >= 11 is 0. The third-order valence-electron chi connectivity index (χ3n) is 13.2. The van der Waals surface area contributed by atoms with Crippen molar-refractivity contribution in [3.05, 3.63) is 519 Å².